The number of rotatable bonds is 4. The fraction of sp³-hybridized carbons (Fsp3) is 0.238. The van der Waals surface area contributed by atoms with Gasteiger partial charge in [-0.25, -0.2) is 24.3 Å². The van der Waals surface area contributed by atoms with Gasteiger partial charge in [-0.15, -0.1) is 0 Å². The first-order valence-electron chi connectivity index (χ1n) is 9.56. The summed E-state index contributed by atoms with van der Waals surface area (Å²) in [6.45, 7) is 0. The Hall–Kier alpha value is -2.77. The van der Waals surface area contributed by atoms with Crippen LogP contribution in [0.3, 0.4) is 0 Å². The minimum absolute atomic E-state index is 0.174. The number of benzene rings is 1. The van der Waals surface area contributed by atoms with Crippen LogP contribution in [0.4, 0.5) is 10.2 Å². The summed E-state index contributed by atoms with van der Waals surface area (Å²) < 4.78 is 16.5. The van der Waals surface area contributed by atoms with Gasteiger partial charge in [0.2, 0.25) is 0 Å². The highest BCUT2D eigenvalue weighted by atomic mass is 35.5. The molecule has 0 amide bonds. The summed E-state index contributed by atoms with van der Waals surface area (Å²) in [4.78, 5) is 16.9. The molecule has 30 heavy (non-hydrogen) atoms. The van der Waals surface area contributed by atoms with Crippen LogP contribution in [0.1, 0.15) is 30.9 Å². The average molecular weight is 443 g/mol. The van der Waals surface area contributed by atoms with Crippen LogP contribution in [0.2, 0.25) is 10.2 Å². The Morgan fingerprint density at radius 3 is 2.87 bits per heavy atom. The molecule has 3 heterocycles. The van der Waals surface area contributed by atoms with Crippen molar-refractivity contribution in [3.05, 3.63) is 64.1 Å². The predicted octanol–water partition coefficient (Wildman–Crippen LogP) is 5.30. The lowest BCUT2D eigenvalue weighted by molar-refractivity contribution is 0.599. The third-order valence-corrected chi connectivity index (χ3v) is 6.10. The number of imidazole rings is 1. The van der Waals surface area contributed by atoms with Gasteiger partial charge >= 0.3 is 0 Å². The molecule has 0 saturated heterocycles. The molecule has 152 valence electrons. The number of fused-ring (bicyclic) bond motifs is 2. The predicted molar refractivity (Wildman–Crippen MR) is 116 cm³/mol. The van der Waals surface area contributed by atoms with Crippen molar-refractivity contribution in [2.75, 3.05) is 5.73 Å². The number of aromatic nitrogens is 5. The third kappa shape index (κ3) is 3.38. The molecule has 2 N–H and O–H groups in total. The molecule has 3 aromatic heterocycles. The molecule has 0 spiro atoms. The maximum Gasteiger partial charge on any atom is 0.165 e. The number of nitrogens with zero attached hydrogens (tertiary/aromatic N) is 5. The SMILES string of the molecule is Nc1nc2cc(CCC3=CC(n4cnc5c(Cl)ncnc54)CC3)cc(F)c2cc1Cl. The van der Waals surface area contributed by atoms with Crippen molar-refractivity contribution in [1.29, 1.82) is 0 Å². The molecule has 0 bridgehead atoms. The van der Waals surface area contributed by atoms with Gasteiger partial charge in [0.25, 0.3) is 0 Å². The van der Waals surface area contributed by atoms with Crippen LogP contribution < -0.4 is 5.73 Å². The van der Waals surface area contributed by atoms with Crippen molar-refractivity contribution in [2.24, 2.45) is 0 Å². The van der Waals surface area contributed by atoms with Crippen molar-refractivity contribution in [3.8, 4) is 0 Å². The lowest BCUT2D eigenvalue weighted by Gasteiger charge is -2.09. The van der Waals surface area contributed by atoms with Gasteiger partial charge in [-0.1, -0.05) is 34.9 Å². The maximum atomic E-state index is 14.5. The number of anilines is 1. The van der Waals surface area contributed by atoms with E-state index >= 15 is 0 Å². The van der Waals surface area contributed by atoms with E-state index in [2.05, 4.69) is 26.0 Å². The topological polar surface area (TPSA) is 82.5 Å². The molecule has 4 aromatic rings. The molecule has 0 saturated carbocycles. The summed E-state index contributed by atoms with van der Waals surface area (Å²) in [6.07, 6.45) is 8.94. The Balaban J connectivity index is 1.35. The molecule has 0 aliphatic heterocycles. The Labute approximate surface area is 181 Å². The van der Waals surface area contributed by atoms with Gasteiger partial charge in [-0.2, -0.15) is 0 Å². The molecular weight excluding hydrogens is 426 g/mol. The Morgan fingerprint density at radius 1 is 1.13 bits per heavy atom. The molecule has 1 aliphatic rings. The van der Waals surface area contributed by atoms with Crippen molar-refractivity contribution < 1.29 is 4.39 Å². The van der Waals surface area contributed by atoms with Crippen LogP contribution in [0.15, 0.2) is 42.5 Å². The largest absolute Gasteiger partial charge is 0.382 e. The second-order valence-corrected chi connectivity index (χ2v) is 8.18. The fourth-order valence-corrected chi connectivity index (χ4v) is 4.32. The van der Waals surface area contributed by atoms with Gasteiger partial charge in [0.15, 0.2) is 10.8 Å². The Bertz CT molecular complexity index is 1320. The maximum absolute atomic E-state index is 14.5. The summed E-state index contributed by atoms with van der Waals surface area (Å²) in [5.74, 6) is -0.129. The highest BCUT2D eigenvalue weighted by Crippen LogP contribution is 2.34. The lowest BCUT2D eigenvalue weighted by Crippen LogP contribution is -2.02. The number of allylic oxidation sites excluding steroid dienone is 2. The average Bonchev–Trinajstić information content (AvgIpc) is 3.35. The molecule has 1 aliphatic carbocycles. The Kier molecular flexibility index (Phi) is 4.79. The minimum atomic E-state index is -0.336. The summed E-state index contributed by atoms with van der Waals surface area (Å²) in [5.41, 5.74) is 9.84. The van der Waals surface area contributed by atoms with Gasteiger partial charge in [0, 0.05) is 5.39 Å². The second kappa shape index (κ2) is 7.49. The molecule has 1 aromatic carbocycles. The van der Waals surface area contributed by atoms with E-state index < -0.39 is 0 Å². The number of aryl methyl sites for hydroxylation is 1. The van der Waals surface area contributed by atoms with Crippen LogP contribution >= 0.6 is 23.2 Å². The van der Waals surface area contributed by atoms with Crippen molar-refractivity contribution >= 4 is 51.1 Å². The first-order chi connectivity index (χ1) is 14.5. The normalized spacial score (nSPS) is 16.5. The molecule has 0 fully saturated rings. The van der Waals surface area contributed by atoms with E-state index in [9.17, 15) is 4.39 Å². The van der Waals surface area contributed by atoms with E-state index in [1.807, 2.05) is 10.6 Å². The number of hydrogen-bond acceptors (Lipinski definition) is 5. The Morgan fingerprint density at radius 2 is 2.00 bits per heavy atom. The molecule has 9 heteroatoms. The molecular formula is C21H17Cl2FN6. The number of halogens is 3. The smallest absolute Gasteiger partial charge is 0.165 e. The summed E-state index contributed by atoms with van der Waals surface area (Å²) in [6, 6.07) is 5.12. The van der Waals surface area contributed by atoms with E-state index in [0.717, 1.165) is 30.5 Å². The van der Waals surface area contributed by atoms with E-state index in [4.69, 9.17) is 28.9 Å². The first-order valence-corrected chi connectivity index (χ1v) is 10.3. The van der Waals surface area contributed by atoms with Crippen LogP contribution in [-0.2, 0) is 6.42 Å². The van der Waals surface area contributed by atoms with E-state index in [1.54, 1.807) is 12.4 Å². The summed E-state index contributed by atoms with van der Waals surface area (Å²) in [5, 5.41) is 0.996. The van der Waals surface area contributed by atoms with Crippen molar-refractivity contribution in [1.82, 2.24) is 24.5 Å². The molecule has 1 atom stereocenters. The zero-order valence-corrected chi connectivity index (χ0v) is 17.3. The molecule has 0 radical (unpaired) electrons. The third-order valence-electron chi connectivity index (χ3n) is 5.52. The number of hydrogen-bond donors (Lipinski definition) is 1. The monoisotopic (exact) mass is 442 g/mol. The van der Waals surface area contributed by atoms with Gasteiger partial charge in [-0.05, 0) is 49.4 Å². The summed E-state index contributed by atoms with van der Waals surface area (Å²) in [7, 11) is 0. The number of pyridine rings is 1. The highest BCUT2D eigenvalue weighted by Gasteiger charge is 2.21. The zero-order valence-electron chi connectivity index (χ0n) is 15.8. The van der Waals surface area contributed by atoms with E-state index in [0.29, 0.717) is 28.0 Å². The van der Waals surface area contributed by atoms with Crippen LogP contribution in [0, 0.1) is 5.82 Å². The van der Waals surface area contributed by atoms with E-state index in [-0.39, 0.29) is 22.7 Å². The van der Waals surface area contributed by atoms with Crippen LogP contribution in [0.25, 0.3) is 22.1 Å². The van der Waals surface area contributed by atoms with Crippen LogP contribution in [-0.4, -0.2) is 24.5 Å². The van der Waals surface area contributed by atoms with Gasteiger partial charge < -0.3 is 10.3 Å². The highest BCUT2D eigenvalue weighted by molar-refractivity contribution is 6.33. The van der Waals surface area contributed by atoms with Gasteiger partial charge in [0.1, 0.15) is 23.5 Å². The van der Waals surface area contributed by atoms with E-state index in [1.165, 1.54) is 18.0 Å². The van der Waals surface area contributed by atoms with Crippen molar-refractivity contribution in [2.45, 2.75) is 31.7 Å². The lowest BCUT2D eigenvalue weighted by atomic mass is 10.0. The summed E-state index contributed by atoms with van der Waals surface area (Å²) >= 11 is 12.1. The molecule has 1 unspecified atom stereocenters. The quantitative estimate of drug-likeness (QED) is 0.342. The van der Waals surface area contributed by atoms with Gasteiger partial charge in [-0.3, -0.25) is 0 Å². The minimum Gasteiger partial charge on any atom is -0.382 e. The molecule has 5 rings (SSSR count). The van der Waals surface area contributed by atoms with Crippen molar-refractivity contribution in [3.63, 3.8) is 0 Å². The van der Waals surface area contributed by atoms with Crippen LogP contribution in [0.5, 0.6) is 0 Å². The first kappa shape index (κ1) is 19.2. The zero-order chi connectivity index (χ0) is 20.8. The number of nitrogens with two attached hydrogens (primary N) is 1. The molecule has 6 nitrogen and oxygen atoms in total. The van der Waals surface area contributed by atoms with Gasteiger partial charge in [0.05, 0.1) is 22.9 Å². The number of nitrogen functional groups attached to an aromatic ring is 1. The standard InChI is InChI=1S/C21H17Cl2FN6/c22-15-8-14-16(24)6-12(7-17(14)29-20(15)25)2-1-11-3-4-13(5-11)30-10-28-18-19(23)26-9-27-21(18)30/h5-10,13H,1-4H2,(H2,25,29). The fourth-order valence-electron chi connectivity index (χ4n) is 3.99. The second-order valence-electron chi connectivity index (χ2n) is 7.42.